The van der Waals surface area contributed by atoms with Gasteiger partial charge in [0, 0.05) is 36.1 Å². The van der Waals surface area contributed by atoms with Crippen LogP contribution in [0.4, 0.5) is 0 Å². The highest BCUT2D eigenvalue weighted by molar-refractivity contribution is 7.89. The highest BCUT2D eigenvalue weighted by atomic mass is 32.2. The Morgan fingerprint density at radius 1 is 1.23 bits per heavy atom. The Kier molecular flexibility index (Phi) is 6.08. The summed E-state index contributed by atoms with van der Waals surface area (Å²) in [6, 6.07) is 10.5. The molecule has 1 amide bonds. The van der Waals surface area contributed by atoms with Crippen LogP contribution in [-0.2, 0) is 16.6 Å². The van der Waals surface area contributed by atoms with Gasteiger partial charge in [0.25, 0.3) is 5.91 Å². The van der Waals surface area contributed by atoms with E-state index < -0.39 is 10.0 Å². The summed E-state index contributed by atoms with van der Waals surface area (Å²) >= 11 is 1.49. The van der Waals surface area contributed by atoms with Crippen molar-refractivity contribution in [1.29, 1.82) is 0 Å². The average Bonchev–Trinajstić information content (AvgIpc) is 3.20. The van der Waals surface area contributed by atoms with Gasteiger partial charge in [0.1, 0.15) is 0 Å². The second-order valence-electron chi connectivity index (χ2n) is 6.29. The minimum absolute atomic E-state index is 0.116. The molecular formula is C18H23N3O3S2. The van der Waals surface area contributed by atoms with Gasteiger partial charge in [-0.3, -0.25) is 4.79 Å². The predicted octanol–water partition coefficient (Wildman–Crippen LogP) is 2.05. The Morgan fingerprint density at radius 3 is 2.65 bits per heavy atom. The SMILES string of the molecule is CNC1CCN(C(=O)c2cccc(S(=O)(=O)NCc3cccs3)c2)CC1. The molecule has 1 aromatic carbocycles. The quantitative estimate of drug-likeness (QED) is 0.787. The van der Waals surface area contributed by atoms with Crippen LogP contribution in [0, 0.1) is 0 Å². The summed E-state index contributed by atoms with van der Waals surface area (Å²) in [5.74, 6) is -0.116. The average molecular weight is 394 g/mol. The van der Waals surface area contributed by atoms with Gasteiger partial charge in [-0.1, -0.05) is 12.1 Å². The van der Waals surface area contributed by atoms with Gasteiger partial charge >= 0.3 is 0 Å². The molecule has 2 N–H and O–H groups in total. The fourth-order valence-electron chi connectivity index (χ4n) is 3.01. The predicted molar refractivity (Wildman–Crippen MR) is 103 cm³/mol. The Morgan fingerprint density at radius 2 is 2.00 bits per heavy atom. The van der Waals surface area contributed by atoms with Gasteiger partial charge in [-0.15, -0.1) is 11.3 Å². The summed E-state index contributed by atoms with van der Waals surface area (Å²) < 4.78 is 27.6. The zero-order chi connectivity index (χ0) is 18.6. The van der Waals surface area contributed by atoms with E-state index in [9.17, 15) is 13.2 Å². The van der Waals surface area contributed by atoms with Crippen molar-refractivity contribution in [1.82, 2.24) is 14.9 Å². The molecule has 26 heavy (non-hydrogen) atoms. The van der Waals surface area contributed by atoms with Crippen molar-refractivity contribution in [3.8, 4) is 0 Å². The zero-order valence-corrected chi connectivity index (χ0v) is 16.3. The maximum atomic E-state index is 12.7. The molecule has 2 aromatic rings. The maximum absolute atomic E-state index is 12.7. The molecule has 2 heterocycles. The van der Waals surface area contributed by atoms with Gasteiger partial charge in [-0.25, -0.2) is 13.1 Å². The van der Waals surface area contributed by atoms with Gasteiger partial charge in [0.05, 0.1) is 4.90 Å². The number of likely N-dealkylation sites (tertiary alicyclic amines) is 1. The van der Waals surface area contributed by atoms with E-state index in [1.807, 2.05) is 24.6 Å². The highest BCUT2D eigenvalue weighted by Gasteiger charge is 2.24. The lowest BCUT2D eigenvalue weighted by Crippen LogP contribution is -2.44. The van der Waals surface area contributed by atoms with Gasteiger partial charge in [0.2, 0.25) is 10.0 Å². The standard InChI is InChI=1S/C18H23N3O3S2/c1-19-15-7-9-21(10-8-15)18(22)14-4-2-6-17(12-14)26(23,24)20-13-16-5-3-11-25-16/h2-6,11-12,15,19-20H,7-10,13H2,1H3. The number of benzene rings is 1. The van der Waals surface area contributed by atoms with Crippen LogP contribution in [0.15, 0.2) is 46.7 Å². The fourth-order valence-corrected chi connectivity index (χ4v) is 4.80. The van der Waals surface area contributed by atoms with E-state index >= 15 is 0 Å². The molecule has 1 aliphatic rings. The van der Waals surface area contributed by atoms with Crippen molar-refractivity contribution in [3.05, 3.63) is 52.2 Å². The molecule has 6 nitrogen and oxygen atoms in total. The summed E-state index contributed by atoms with van der Waals surface area (Å²) in [6.07, 6.45) is 1.81. The number of carbonyl (C=O) groups excluding carboxylic acids is 1. The van der Waals surface area contributed by atoms with Crippen molar-refractivity contribution < 1.29 is 13.2 Å². The van der Waals surface area contributed by atoms with Crippen LogP contribution in [0.3, 0.4) is 0 Å². The van der Waals surface area contributed by atoms with Crippen LogP contribution in [-0.4, -0.2) is 45.4 Å². The van der Waals surface area contributed by atoms with Gasteiger partial charge in [-0.05, 0) is 49.5 Å². The number of amides is 1. The van der Waals surface area contributed by atoms with Crippen LogP contribution in [0.2, 0.25) is 0 Å². The largest absolute Gasteiger partial charge is 0.339 e. The monoisotopic (exact) mass is 393 g/mol. The van der Waals surface area contributed by atoms with E-state index in [4.69, 9.17) is 0 Å². The van der Waals surface area contributed by atoms with Crippen LogP contribution in [0.1, 0.15) is 28.1 Å². The Hall–Kier alpha value is -1.74. The molecule has 0 saturated carbocycles. The first-order chi connectivity index (χ1) is 12.5. The first-order valence-corrected chi connectivity index (χ1v) is 10.9. The highest BCUT2D eigenvalue weighted by Crippen LogP contribution is 2.17. The van der Waals surface area contributed by atoms with E-state index in [0.717, 1.165) is 17.7 Å². The van der Waals surface area contributed by atoms with Crippen LogP contribution < -0.4 is 10.0 Å². The first kappa shape index (κ1) is 19.0. The molecule has 140 valence electrons. The lowest BCUT2D eigenvalue weighted by Gasteiger charge is -2.31. The number of nitrogens with one attached hydrogen (secondary N) is 2. The molecular weight excluding hydrogens is 370 g/mol. The Labute approximate surface area is 158 Å². The van der Waals surface area contributed by atoms with Crippen molar-refractivity contribution in [2.75, 3.05) is 20.1 Å². The molecule has 0 spiro atoms. The number of piperidine rings is 1. The van der Waals surface area contributed by atoms with Crippen molar-refractivity contribution in [3.63, 3.8) is 0 Å². The topological polar surface area (TPSA) is 78.5 Å². The van der Waals surface area contributed by atoms with E-state index in [1.165, 1.54) is 23.5 Å². The number of nitrogens with zero attached hydrogens (tertiary/aromatic N) is 1. The summed E-state index contributed by atoms with van der Waals surface area (Å²) in [5, 5.41) is 5.14. The molecule has 0 bridgehead atoms. The second kappa shape index (κ2) is 8.30. The number of hydrogen-bond donors (Lipinski definition) is 2. The van der Waals surface area contributed by atoms with Crippen molar-refractivity contribution >= 4 is 27.3 Å². The minimum Gasteiger partial charge on any atom is -0.339 e. The summed E-state index contributed by atoms with van der Waals surface area (Å²) in [5.41, 5.74) is 0.409. The van der Waals surface area contributed by atoms with Gasteiger partial charge < -0.3 is 10.2 Å². The molecule has 0 unspecified atom stereocenters. The molecule has 1 saturated heterocycles. The molecule has 1 aliphatic heterocycles. The summed E-state index contributed by atoms with van der Waals surface area (Å²) in [4.78, 5) is 15.6. The fraction of sp³-hybridized carbons (Fsp3) is 0.389. The van der Waals surface area contributed by atoms with Crippen molar-refractivity contribution in [2.45, 2.75) is 30.3 Å². The number of thiophene rings is 1. The number of hydrogen-bond acceptors (Lipinski definition) is 5. The molecule has 8 heteroatoms. The third kappa shape index (κ3) is 4.50. The molecule has 1 aromatic heterocycles. The Balaban J connectivity index is 1.70. The van der Waals surface area contributed by atoms with E-state index in [1.54, 1.807) is 17.0 Å². The van der Waals surface area contributed by atoms with E-state index in [-0.39, 0.29) is 17.3 Å². The maximum Gasteiger partial charge on any atom is 0.253 e. The number of rotatable bonds is 6. The lowest BCUT2D eigenvalue weighted by molar-refractivity contribution is 0.0707. The minimum atomic E-state index is -3.66. The number of carbonyl (C=O) groups is 1. The second-order valence-corrected chi connectivity index (χ2v) is 9.09. The summed E-state index contributed by atoms with van der Waals surface area (Å²) in [7, 11) is -1.73. The molecule has 0 aliphatic carbocycles. The lowest BCUT2D eigenvalue weighted by atomic mass is 10.0. The van der Waals surface area contributed by atoms with Gasteiger partial charge in [0.15, 0.2) is 0 Å². The molecule has 0 atom stereocenters. The molecule has 1 fully saturated rings. The smallest absolute Gasteiger partial charge is 0.253 e. The molecule has 0 radical (unpaired) electrons. The van der Waals surface area contributed by atoms with E-state index in [2.05, 4.69) is 10.0 Å². The van der Waals surface area contributed by atoms with Gasteiger partial charge in [-0.2, -0.15) is 0 Å². The molecule has 3 rings (SSSR count). The zero-order valence-electron chi connectivity index (χ0n) is 14.6. The third-order valence-electron chi connectivity index (χ3n) is 4.60. The van der Waals surface area contributed by atoms with Crippen LogP contribution in [0.25, 0.3) is 0 Å². The summed E-state index contributed by atoms with van der Waals surface area (Å²) in [6.45, 7) is 1.60. The van der Waals surface area contributed by atoms with Crippen LogP contribution >= 0.6 is 11.3 Å². The van der Waals surface area contributed by atoms with E-state index in [0.29, 0.717) is 24.7 Å². The van der Waals surface area contributed by atoms with Crippen molar-refractivity contribution in [2.24, 2.45) is 0 Å². The number of sulfonamides is 1. The first-order valence-electron chi connectivity index (χ1n) is 8.58. The Bertz CT molecular complexity index is 842. The van der Waals surface area contributed by atoms with Crippen LogP contribution in [0.5, 0.6) is 0 Å². The normalized spacial score (nSPS) is 16.0. The third-order valence-corrected chi connectivity index (χ3v) is 6.87.